The topological polar surface area (TPSA) is 75.3 Å². The molecule has 1 N–H and O–H groups in total. The molecular weight excluding hydrogens is 711 g/mol. The van der Waals surface area contributed by atoms with Crippen LogP contribution in [0.3, 0.4) is 0 Å². The Balaban J connectivity index is 0. The van der Waals surface area contributed by atoms with Crippen LogP contribution in [0, 0.1) is 5.92 Å². The van der Waals surface area contributed by atoms with E-state index in [0.29, 0.717) is 18.8 Å². The summed E-state index contributed by atoms with van der Waals surface area (Å²) in [6.45, 7) is 25.3. The van der Waals surface area contributed by atoms with Crippen molar-refractivity contribution in [1.29, 1.82) is 0 Å². The average Bonchev–Trinajstić information content (AvgIpc) is 3.21. The Morgan fingerprint density at radius 2 is 0.912 bits per heavy atom. The summed E-state index contributed by atoms with van der Waals surface area (Å²) in [6.07, 6.45) is 39.1. The van der Waals surface area contributed by atoms with Crippen LogP contribution in [0.15, 0.2) is 25.5 Å². The average molecular weight is 810 g/mol. The van der Waals surface area contributed by atoms with Gasteiger partial charge in [0.25, 0.3) is 0 Å². The highest BCUT2D eigenvalue weighted by molar-refractivity contribution is 5.75. The van der Waals surface area contributed by atoms with Gasteiger partial charge in [0.1, 0.15) is 11.9 Å². The maximum Gasteiger partial charge on any atom is 0.157 e. The smallest absolute Gasteiger partial charge is 0.157 e. The van der Waals surface area contributed by atoms with Crippen LogP contribution in [0.4, 0.5) is 0 Å². The Morgan fingerprint density at radius 1 is 0.544 bits per heavy atom. The SMILES string of the molecule is C=COC1CNCC(C=C)C1.CCCCCCCCOC(CCC(C)=O)OCCCCCCCC.CCCCCCCCOC(CCC)OCCCCCCCC. The summed E-state index contributed by atoms with van der Waals surface area (Å²) in [4.78, 5) is 11.2. The number of piperidine rings is 1. The van der Waals surface area contributed by atoms with Crippen molar-refractivity contribution in [2.75, 3.05) is 39.5 Å². The highest BCUT2D eigenvalue weighted by atomic mass is 16.7. The van der Waals surface area contributed by atoms with Gasteiger partial charge < -0.3 is 33.8 Å². The summed E-state index contributed by atoms with van der Waals surface area (Å²) in [5.41, 5.74) is 0. The van der Waals surface area contributed by atoms with Crippen LogP contribution in [0.25, 0.3) is 0 Å². The lowest BCUT2D eigenvalue weighted by Crippen LogP contribution is -2.39. The fourth-order valence-corrected chi connectivity index (χ4v) is 6.73. The van der Waals surface area contributed by atoms with Gasteiger partial charge in [-0.1, -0.05) is 182 Å². The number of Topliss-reactive ketones (excluding diaryl/α,β-unsaturated/α-hetero) is 1. The monoisotopic (exact) mass is 810 g/mol. The van der Waals surface area contributed by atoms with Crippen molar-refractivity contribution in [3.63, 3.8) is 0 Å². The van der Waals surface area contributed by atoms with Crippen LogP contribution in [-0.2, 0) is 28.5 Å². The second-order valence-corrected chi connectivity index (χ2v) is 16.3. The maximum absolute atomic E-state index is 11.2. The van der Waals surface area contributed by atoms with Gasteiger partial charge in [0.15, 0.2) is 12.6 Å². The maximum atomic E-state index is 11.2. The molecule has 1 saturated heterocycles. The lowest BCUT2D eigenvalue weighted by molar-refractivity contribution is -0.150. The summed E-state index contributed by atoms with van der Waals surface area (Å²) >= 11 is 0. The normalized spacial score (nSPS) is 15.2. The zero-order valence-electron chi connectivity index (χ0n) is 39.1. The van der Waals surface area contributed by atoms with E-state index in [4.69, 9.17) is 23.7 Å². The van der Waals surface area contributed by atoms with Crippen LogP contribution in [0.2, 0.25) is 0 Å². The zero-order valence-corrected chi connectivity index (χ0v) is 39.1. The molecule has 2 unspecified atom stereocenters. The molecule has 1 aliphatic heterocycles. The Hall–Kier alpha value is -1.25. The summed E-state index contributed by atoms with van der Waals surface area (Å²) < 4.78 is 28.8. The number of hydrogen-bond acceptors (Lipinski definition) is 7. The molecule has 0 spiro atoms. The summed E-state index contributed by atoms with van der Waals surface area (Å²) in [5, 5.41) is 3.28. The Kier molecular flexibility index (Phi) is 49.8. The number of ketones is 1. The van der Waals surface area contributed by atoms with Gasteiger partial charge in [0.05, 0.1) is 6.26 Å². The number of hydrogen-bond donors (Lipinski definition) is 1. The fraction of sp³-hybridized carbons (Fsp3) is 0.900. The minimum Gasteiger partial charge on any atom is -0.497 e. The molecule has 1 aliphatic rings. The first-order valence-corrected chi connectivity index (χ1v) is 24.5. The molecule has 0 aliphatic carbocycles. The Morgan fingerprint density at radius 3 is 1.25 bits per heavy atom. The van der Waals surface area contributed by atoms with Gasteiger partial charge in [0.2, 0.25) is 0 Å². The molecule has 7 nitrogen and oxygen atoms in total. The first-order chi connectivity index (χ1) is 27.9. The molecule has 340 valence electrons. The minimum atomic E-state index is -0.194. The predicted molar refractivity (Wildman–Crippen MR) is 246 cm³/mol. The second-order valence-electron chi connectivity index (χ2n) is 16.3. The third kappa shape index (κ3) is 45.7. The van der Waals surface area contributed by atoms with Crippen molar-refractivity contribution >= 4 is 5.78 Å². The van der Waals surface area contributed by atoms with Crippen LogP contribution in [0.1, 0.15) is 228 Å². The van der Waals surface area contributed by atoms with Crippen molar-refractivity contribution in [3.8, 4) is 0 Å². The van der Waals surface area contributed by atoms with Gasteiger partial charge >= 0.3 is 0 Å². The molecule has 0 saturated carbocycles. The van der Waals surface area contributed by atoms with E-state index < -0.39 is 0 Å². The van der Waals surface area contributed by atoms with Crippen molar-refractivity contribution < 1.29 is 28.5 Å². The number of carbonyl (C=O) groups is 1. The molecule has 0 radical (unpaired) electrons. The summed E-state index contributed by atoms with van der Waals surface area (Å²) in [5.74, 6) is 0.764. The van der Waals surface area contributed by atoms with E-state index in [-0.39, 0.29) is 24.5 Å². The second kappa shape index (κ2) is 49.1. The molecule has 1 heterocycles. The van der Waals surface area contributed by atoms with Crippen LogP contribution < -0.4 is 5.32 Å². The van der Waals surface area contributed by atoms with Crippen LogP contribution >= 0.6 is 0 Å². The molecule has 2 atom stereocenters. The Bertz CT molecular complexity index is 774. The van der Waals surface area contributed by atoms with Gasteiger partial charge in [-0.25, -0.2) is 0 Å². The van der Waals surface area contributed by atoms with Crippen molar-refractivity contribution in [1.82, 2.24) is 5.32 Å². The largest absolute Gasteiger partial charge is 0.497 e. The minimum absolute atomic E-state index is 0.0382. The molecule has 0 bridgehead atoms. The number of rotatable bonds is 40. The quantitative estimate of drug-likeness (QED) is 0.0286. The van der Waals surface area contributed by atoms with Gasteiger partial charge in [-0.2, -0.15) is 0 Å². The number of carbonyl (C=O) groups excluding carboxylic acids is 1. The lowest BCUT2D eigenvalue weighted by atomic mass is 9.98. The fourth-order valence-electron chi connectivity index (χ4n) is 6.73. The summed E-state index contributed by atoms with van der Waals surface area (Å²) in [6, 6.07) is 0. The van der Waals surface area contributed by atoms with Gasteiger partial charge in [0, 0.05) is 52.4 Å². The third-order valence-electron chi connectivity index (χ3n) is 10.4. The number of unbranched alkanes of at least 4 members (excludes halogenated alkanes) is 20. The third-order valence-corrected chi connectivity index (χ3v) is 10.4. The molecule has 0 aromatic carbocycles. The molecule has 0 amide bonds. The molecular formula is C50H99NO6. The zero-order chi connectivity index (χ0) is 42.3. The van der Waals surface area contributed by atoms with Gasteiger partial charge in [-0.05, 0) is 51.4 Å². The first-order valence-electron chi connectivity index (χ1n) is 24.5. The predicted octanol–water partition coefficient (Wildman–Crippen LogP) is 14.6. The standard InChI is InChI=1S/C21H42O3.C20H42O2.C9H15NO/c1-4-6-8-10-12-14-18-23-21(17-16-20(3)22)24-19-15-13-11-9-7-5-2;1-4-7-9-11-13-15-18-21-20(17-6-3)22-19-16-14-12-10-8-5-2;1-3-8-5-9(11-4-2)7-10-6-8/h21H,4-19H2,1-3H3;20H,4-19H2,1-3H3;3-4,8-10H,1-2,5-7H2. The first kappa shape index (κ1) is 57.8. The molecule has 0 aromatic heterocycles. The van der Waals surface area contributed by atoms with E-state index in [1.165, 1.54) is 148 Å². The van der Waals surface area contributed by atoms with Gasteiger partial charge in [-0.15, -0.1) is 6.58 Å². The van der Waals surface area contributed by atoms with E-state index in [1.807, 2.05) is 6.08 Å². The molecule has 57 heavy (non-hydrogen) atoms. The highest BCUT2D eigenvalue weighted by Gasteiger charge is 2.19. The number of nitrogens with one attached hydrogen (secondary N) is 1. The van der Waals surface area contributed by atoms with Gasteiger partial charge in [-0.3, -0.25) is 0 Å². The van der Waals surface area contributed by atoms with E-state index in [9.17, 15) is 4.79 Å². The Labute approximate surface area is 356 Å². The molecule has 1 fully saturated rings. The van der Waals surface area contributed by atoms with E-state index >= 15 is 0 Å². The number of ether oxygens (including phenoxy) is 5. The van der Waals surface area contributed by atoms with E-state index in [1.54, 1.807) is 6.92 Å². The molecule has 7 heteroatoms. The highest BCUT2D eigenvalue weighted by Crippen LogP contribution is 2.15. The van der Waals surface area contributed by atoms with Crippen LogP contribution in [-0.4, -0.2) is 64.0 Å². The van der Waals surface area contributed by atoms with Crippen molar-refractivity contribution in [2.45, 2.75) is 246 Å². The van der Waals surface area contributed by atoms with E-state index in [0.717, 1.165) is 71.6 Å². The van der Waals surface area contributed by atoms with E-state index in [2.05, 4.69) is 53.1 Å². The van der Waals surface area contributed by atoms with Crippen LogP contribution in [0.5, 0.6) is 0 Å². The van der Waals surface area contributed by atoms with Crippen molar-refractivity contribution in [3.05, 3.63) is 25.5 Å². The molecule has 1 rings (SSSR count). The van der Waals surface area contributed by atoms with Crippen molar-refractivity contribution in [2.24, 2.45) is 5.92 Å². The summed E-state index contributed by atoms with van der Waals surface area (Å²) in [7, 11) is 0. The molecule has 0 aromatic rings. The lowest BCUT2D eigenvalue weighted by Gasteiger charge is -2.27.